The van der Waals surface area contributed by atoms with Crippen LogP contribution in [0.4, 0.5) is 0 Å². The van der Waals surface area contributed by atoms with Crippen molar-refractivity contribution in [3.63, 3.8) is 0 Å². The summed E-state index contributed by atoms with van der Waals surface area (Å²) in [6, 6.07) is 20.9. The van der Waals surface area contributed by atoms with Gasteiger partial charge in [0.1, 0.15) is 4.11 Å². The van der Waals surface area contributed by atoms with Gasteiger partial charge in [-0.1, -0.05) is 83.3 Å². The zero-order valence-corrected chi connectivity index (χ0v) is 12.4. The van der Waals surface area contributed by atoms with Crippen LogP contribution in [0.25, 0.3) is 0 Å². The topological polar surface area (TPSA) is 9.23 Å². The first-order valence-corrected chi connectivity index (χ1v) is 7.42. The minimum Gasteiger partial charge on any atom is -0.363 e. The van der Waals surface area contributed by atoms with Crippen LogP contribution < -0.4 is 0 Å². The van der Waals surface area contributed by atoms with Gasteiger partial charge in [0.2, 0.25) is 0 Å². The van der Waals surface area contributed by atoms with Gasteiger partial charge in [-0.2, -0.15) is 0 Å². The third-order valence-electron chi connectivity index (χ3n) is 2.78. The molecular weight excluding hydrogens is 335 g/mol. The lowest BCUT2D eigenvalue weighted by atomic mass is 10.1. The monoisotopic (exact) mass is 352 g/mol. The maximum Gasteiger partial charge on any atom is 0.109 e. The van der Waals surface area contributed by atoms with Gasteiger partial charge in [0.05, 0.1) is 6.61 Å². The number of ether oxygens (including phenoxy) is 1. The van der Waals surface area contributed by atoms with Crippen LogP contribution in [0.5, 0.6) is 0 Å². The van der Waals surface area contributed by atoms with Crippen LogP contribution in [-0.4, -0.2) is 4.11 Å². The average Bonchev–Trinajstić information content (AvgIpc) is 2.45. The van der Waals surface area contributed by atoms with Gasteiger partial charge < -0.3 is 4.74 Å². The Hall–Kier alpha value is -0.870. The molecule has 0 saturated carbocycles. The Morgan fingerprint density at radius 3 is 2.00 bits per heavy atom. The van der Waals surface area contributed by atoms with Gasteiger partial charge >= 0.3 is 0 Å². The van der Waals surface area contributed by atoms with Gasteiger partial charge in [-0.15, -0.1) is 0 Å². The van der Waals surface area contributed by atoms with E-state index in [1.807, 2.05) is 18.2 Å². The van der Waals surface area contributed by atoms with Gasteiger partial charge in [-0.05, 0) is 24.0 Å². The number of benzene rings is 2. The lowest BCUT2D eigenvalue weighted by Gasteiger charge is -2.11. The lowest BCUT2D eigenvalue weighted by molar-refractivity contribution is 0.105. The predicted octanol–water partition coefficient (Wildman–Crippen LogP) is 4.60. The highest BCUT2D eigenvalue weighted by Crippen LogP contribution is 2.15. The summed E-state index contributed by atoms with van der Waals surface area (Å²) in [6.45, 7) is 0.698. The molecule has 2 heteroatoms. The highest BCUT2D eigenvalue weighted by Gasteiger charge is 2.04. The molecule has 1 atom stereocenters. The second-order valence-electron chi connectivity index (χ2n) is 4.23. The third-order valence-corrected chi connectivity index (χ3v) is 3.76. The Kier molecular flexibility index (Phi) is 5.68. The van der Waals surface area contributed by atoms with E-state index in [4.69, 9.17) is 4.74 Å². The number of aryl methyl sites for hydroxylation is 1. The Labute approximate surface area is 122 Å². The van der Waals surface area contributed by atoms with E-state index < -0.39 is 0 Å². The summed E-state index contributed by atoms with van der Waals surface area (Å²) >= 11 is 2.37. The van der Waals surface area contributed by atoms with Crippen LogP contribution in [0.15, 0.2) is 60.7 Å². The molecule has 0 heterocycles. The number of alkyl halides is 1. The molecule has 0 bridgehead atoms. The highest BCUT2D eigenvalue weighted by atomic mass is 127. The molecule has 18 heavy (non-hydrogen) atoms. The fourth-order valence-electron chi connectivity index (χ4n) is 1.77. The Morgan fingerprint density at radius 2 is 1.39 bits per heavy atom. The molecule has 0 aromatic heterocycles. The summed E-state index contributed by atoms with van der Waals surface area (Å²) in [7, 11) is 0. The van der Waals surface area contributed by atoms with Gasteiger partial charge in [0.25, 0.3) is 0 Å². The summed E-state index contributed by atoms with van der Waals surface area (Å²) in [5, 5.41) is 0. The third kappa shape index (κ3) is 4.78. The SMILES string of the molecule is IC(CCc1ccccc1)OCc1ccccc1. The van der Waals surface area contributed by atoms with Gasteiger partial charge in [0, 0.05) is 0 Å². The van der Waals surface area contributed by atoms with Crippen molar-refractivity contribution < 1.29 is 4.74 Å². The molecule has 2 aromatic carbocycles. The van der Waals surface area contributed by atoms with Crippen molar-refractivity contribution >= 4 is 22.6 Å². The molecule has 0 aliphatic heterocycles. The summed E-state index contributed by atoms with van der Waals surface area (Å²) in [6.07, 6.45) is 2.13. The Bertz CT molecular complexity index is 398. The van der Waals surface area contributed by atoms with Gasteiger partial charge in [0.15, 0.2) is 0 Å². The van der Waals surface area contributed by atoms with E-state index in [0.29, 0.717) is 6.61 Å². The summed E-state index contributed by atoms with van der Waals surface area (Å²) in [5.41, 5.74) is 2.61. The minimum absolute atomic E-state index is 0.267. The lowest BCUT2D eigenvalue weighted by Crippen LogP contribution is -2.05. The molecule has 2 rings (SSSR count). The molecule has 94 valence electrons. The predicted molar refractivity (Wildman–Crippen MR) is 83.8 cm³/mol. The Balaban J connectivity index is 1.71. The zero-order valence-electron chi connectivity index (χ0n) is 10.3. The number of hydrogen-bond donors (Lipinski definition) is 0. The first-order chi connectivity index (χ1) is 8.84. The van der Waals surface area contributed by atoms with Crippen LogP contribution in [0, 0.1) is 0 Å². The summed E-state index contributed by atoms with van der Waals surface area (Å²) < 4.78 is 6.10. The molecule has 0 radical (unpaired) electrons. The van der Waals surface area contributed by atoms with Crippen molar-refractivity contribution in [2.45, 2.75) is 23.6 Å². The van der Waals surface area contributed by atoms with E-state index in [1.54, 1.807) is 0 Å². The van der Waals surface area contributed by atoms with Crippen LogP contribution in [-0.2, 0) is 17.8 Å². The molecule has 0 saturated heterocycles. The maximum atomic E-state index is 5.84. The second-order valence-corrected chi connectivity index (χ2v) is 5.62. The highest BCUT2D eigenvalue weighted by molar-refractivity contribution is 14.1. The van der Waals surface area contributed by atoms with E-state index in [9.17, 15) is 0 Å². The van der Waals surface area contributed by atoms with Gasteiger partial charge in [-0.3, -0.25) is 0 Å². The quantitative estimate of drug-likeness (QED) is 0.546. The molecule has 0 aliphatic rings. The number of rotatable bonds is 6. The second kappa shape index (κ2) is 7.54. The molecule has 0 aliphatic carbocycles. The van der Waals surface area contributed by atoms with Crippen molar-refractivity contribution in [1.82, 2.24) is 0 Å². The molecule has 1 nitrogen and oxygen atoms in total. The van der Waals surface area contributed by atoms with Crippen molar-refractivity contribution in [3.8, 4) is 0 Å². The van der Waals surface area contributed by atoms with Crippen molar-refractivity contribution in [2.24, 2.45) is 0 Å². The zero-order chi connectivity index (χ0) is 12.6. The molecule has 2 aromatic rings. The first-order valence-electron chi connectivity index (χ1n) is 6.18. The maximum absolute atomic E-state index is 5.84. The molecule has 0 spiro atoms. The summed E-state index contributed by atoms with van der Waals surface area (Å²) in [5.74, 6) is 0. The molecule has 0 N–H and O–H groups in total. The largest absolute Gasteiger partial charge is 0.363 e. The molecule has 1 unspecified atom stereocenters. The summed E-state index contributed by atoms with van der Waals surface area (Å²) in [4.78, 5) is 0. The number of hydrogen-bond acceptors (Lipinski definition) is 1. The Morgan fingerprint density at radius 1 is 0.833 bits per heavy atom. The van der Waals surface area contributed by atoms with E-state index in [0.717, 1.165) is 12.8 Å². The normalized spacial score (nSPS) is 12.3. The fraction of sp³-hybridized carbons (Fsp3) is 0.250. The first kappa shape index (κ1) is 13.6. The smallest absolute Gasteiger partial charge is 0.109 e. The van der Waals surface area contributed by atoms with E-state index in [2.05, 4.69) is 65.1 Å². The van der Waals surface area contributed by atoms with Gasteiger partial charge in [-0.25, -0.2) is 0 Å². The molecule has 0 fully saturated rings. The van der Waals surface area contributed by atoms with Crippen LogP contribution >= 0.6 is 22.6 Å². The standard InChI is InChI=1S/C16H17IO/c17-16(12-11-14-7-3-1-4-8-14)18-13-15-9-5-2-6-10-15/h1-10,16H,11-13H2. The fourth-order valence-corrected chi connectivity index (χ4v) is 2.26. The average molecular weight is 352 g/mol. The minimum atomic E-state index is 0.267. The van der Waals surface area contributed by atoms with E-state index >= 15 is 0 Å². The van der Waals surface area contributed by atoms with Crippen molar-refractivity contribution in [3.05, 3.63) is 71.8 Å². The van der Waals surface area contributed by atoms with E-state index in [1.165, 1.54) is 11.1 Å². The van der Waals surface area contributed by atoms with Crippen LogP contribution in [0.3, 0.4) is 0 Å². The van der Waals surface area contributed by atoms with Crippen LogP contribution in [0.2, 0.25) is 0 Å². The molecule has 0 amide bonds. The van der Waals surface area contributed by atoms with Crippen molar-refractivity contribution in [1.29, 1.82) is 0 Å². The van der Waals surface area contributed by atoms with Crippen molar-refractivity contribution in [2.75, 3.05) is 0 Å². The number of halogens is 1. The van der Waals surface area contributed by atoms with E-state index in [-0.39, 0.29) is 4.11 Å². The molecular formula is C16H17IO. The van der Waals surface area contributed by atoms with Crippen LogP contribution in [0.1, 0.15) is 17.5 Å².